The van der Waals surface area contributed by atoms with Crippen molar-refractivity contribution < 1.29 is 14.7 Å². The summed E-state index contributed by atoms with van der Waals surface area (Å²) in [5, 5.41) is 17.9. The summed E-state index contributed by atoms with van der Waals surface area (Å²) in [5.41, 5.74) is 0. The van der Waals surface area contributed by atoms with Crippen LogP contribution < -0.4 is 5.32 Å². The van der Waals surface area contributed by atoms with Crippen LogP contribution in [-0.2, 0) is 11.3 Å². The molecule has 1 atom stereocenters. The third-order valence-electron chi connectivity index (χ3n) is 2.93. The van der Waals surface area contributed by atoms with Gasteiger partial charge < -0.3 is 15.3 Å². The van der Waals surface area contributed by atoms with Gasteiger partial charge in [0.2, 0.25) is 0 Å². The lowest BCUT2D eigenvalue weighted by atomic mass is 9.99. The number of amides is 2. The fraction of sp³-hybridized carbons (Fsp3) is 0.600. The molecular formula is C10H15N5O3. The summed E-state index contributed by atoms with van der Waals surface area (Å²) in [6.07, 6.45) is 2.71. The molecule has 0 aliphatic carbocycles. The quantitative estimate of drug-likeness (QED) is 0.691. The van der Waals surface area contributed by atoms with Gasteiger partial charge in [-0.25, -0.2) is 9.78 Å². The number of piperidine rings is 1. The number of carbonyl (C=O) groups excluding carboxylic acids is 1. The minimum absolute atomic E-state index is 0.257. The molecule has 2 heterocycles. The van der Waals surface area contributed by atoms with E-state index in [4.69, 9.17) is 5.11 Å². The summed E-state index contributed by atoms with van der Waals surface area (Å²) >= 11 is 0. The Morgan fingerprint density at radius 1 is 1.61 bits per heavy atom. The van der Waals surface area contributed by atoms with Gasteiger partial charge in [0.1, 0.15) is 12.2 Å². The maximum Gasteiger partial charge on any atom is 0.317 e. The molecule has 18 heavy (non-hydrogen) atoms. The molecule has 0 aromatic carbocycles. The number of nitrogens with one attached hydrogen (secondary N) is 2. The van der Waals surface area contributed by atoms with E-state index in [2.05, 4.69) is 20.5 Å². The van der Waals surface area contributed by atoms with Crippen molar-refractivity contribution in [3.8, 4) is 0 Å². The molecule has 0 radical (unpaired) electrons. The van der Waals surface area contributed by atoms with E-state index < -0.39 is 11.9 Å². The second kappa shape index (κ2) is 5.48. The molecule has 0 saturated carbocycles. The summed E-state index contributed by atoms with van der Waals surface area (Å²) in [6, 6.07) is -0.266. The van der Waals surface area contributed by atoms with Crippen LogP contribution in [0.5, 0.6) is 0 Å². The molecule has 1 saturated heterocycles. The van der Waals surface area contributed by atoms with Gasteiger partial charge in [0.25, 0.3) is 0 Å². The second-order valence-corrected chi connectivity index (χ2v) is 4.21. The van der Waals surface area contributed by atoms with E-state index in [0.29, 0.717) is 25.2 Å². The number of carbonyl (C=O) groups is 2. The summed E-state index contributed by atoms with van der Waals surface area (Å²) in [5.74, 6) is -0.743. The fourth-order valence-electron chi connectivity index (χ4n) is 1.95. The van der Waals surface area contributed by atoms with Crippen molar-refractivity contribution >= 4 is 12.0 Å². The molecule has 3 N–H and O–H groups in total. The number of H-pyrrole nitrogens is 1. The second-order valence-electron chi connectivity index (χ2n) is 4.21. The van der Waals surface area contributed by atoms with Crippen LogP contribution in [0.2, 0.25) is 0 Å². The lowest BCUT2D eigenvalue weighted by Crippen LogP contribution is -2.46. The summed E-state index contributed by atoms with van der Waals surface area (Å²) < 4.78 is 0. The third-order valence-corrected chi connectivity index (χ3v) is 2.93. The molecule has 2 rings (SSSR count). The van der Waals surface area contributed by atoms with Crippen LogP contribution in [0.15, 0.2) is 6.33 Å². The Bertz CT molecular complexity index is 419. The van der Waals surface area contributed by atoms with Crippen molar-refractivity contribution in [2.75, 3.05) is 13.1 Å². The van der Waals surface area contributed by atoms with E-state index in [9.17, 15) is 9.59 Å². The highest BCUT2D eigenvalue weighted by Gasteiger charge is 2.27. The van der Waals surface area contributed by atoms with Gasteiger partial charge >= 0.3 is 12.0 Å². The van der Waals surface area contributed by atoms with Crippen LogP contribution in [0.1, 0.15) is 18.7 Å². The molecule has 1 fully saturated rings. The van der Waals surface area contributed by atoms with Gasteiger partial charge in [-0.3, -0.25) is 9.89 Å². The number of carboxylic acids is 1. The minimum Gasteiger partial charge on any atom is -0.481 e. The molecular weight excluding hydrogens is 238 g/mol. The van der Waals surface area contributed by atoms with Crippen molar-refractivity contribution in [2.45, 2.75) is 19.4 Å². The molecule has 1 aliphatic rings. The van der Waals surface area contributed by atoms with Gasteiger partial charge in [-0.15, -0.1) is 0 Å². The SMILES string of the molecule is O=C(O)C1CCCN(C(=O)NCc2ncn[nH]2)C1. The third kappa shape index (κ3) is 2.96. The summed E-state index contributed by atoms with van der Waals surface area (Å²) in [6.45, 7) is 1.11. The maximum atomic E-state index is 11.8. The van der Waals surface area contributed by atoms with E-state index in [1.165, 1.54) is 11.2 Å². The number of likely N-dealkylation sites (tertiary alicyclic amines) is 1. The average Bonchev–Trinajstić information content (AvgIpc) is 2.89. The molecule has 8 heteroatoms. The van der Waals surface area contributed by atoms with E-state index in [-0.39, 0.29) is 19.1 Å². The van der Waals surface area contributed by atoms with Gasteiger partial charge in [-0.1, -0.05) is 0 Å². The molecule has 0 bridgehead atoms. The molecule has 1 aliphatic heterocycles. The largest absolute Gasteiger partial charge is 0.481 e. The fourth-order valence-corrected chi connectivity index (χ4v) is 1.95. The average molecular weight is 253 g/mol. The standard InChI is InChI=1S/C10H15N5O3/c16-9(17)7-2-1-3-15(5-7)10(18)11-4-8-12-6-13-14-8/h6-7H,1-5H2,(H,11,18)(H,16,17)(H,12,13,14). The van der Waals surface area contributed by atoms with E-state index in [1.54, 1.807) is 0 Å². The number of carboxylic acid groups (broad SMARTS) is 1. The van der Waals surface area contributed by atoms with E-state index in [1.807, 2.05) is 0 Å². The van der Waals surface area contributed by atoms with Gasteiger partial charge in [-0.2, -0.15) is 5.10 Å². The van der Waals surface area contributed by atoms with Crippen molar-refractivity contribution in [1.29, 1.82) is 0 Å². The van der Waals surface area contributed by atoms with Crippen LogP contribution in [0.4, 0.5) is 4.79 Å². The minimum atomic E-state index is -0.845. The first-order chi connectivity index (χ1) is 8.66. The smallest absolute Gasteiger partial charge is 0.317 e. The van der Waals surface area contributed by atoms with Crippen molar-refractivity contribution in [2.24, 2.45) is 5.92 Å². The Hall–Kier alpha value is -2.12. The number of nitrogens with zero attached hydrogens (tertiary/aromatic N) is 3. The molecule has 1 aromatic rings. The Kier molecular flexibility index (Phi) is 3.75. The highest BCUT2D eigenvalue weighted by atomic mass is 16.4. The van der Waals surface area contributed by atoms with Crippen LogP contribution in [-0.4, -0.2) is 50.3 Å². The van der Waals surface area contributed by atoms with Crippen LogP contribution in [0.3, 0.4) is 0 Å². The van der Waals surface area contributed by atoms with Gasteiger partial charge in [0.15, 0.2) is 0 Å². The molecule has 98 valence electrons. The van der Waals surface area contributed by atoms with E-state index in [0.717, 1.165) is 0 Å². The Morgan fingerprint density at radius 3 is 3.11 bits per heavy atom. The monoisotopic (exact) mass is 253 g/mol. The number of urea groups is 1. The topological polar surface area (TPSA) is 111 Å². The van der Waals surface area contributed by atoms with Crippen molar-refractivity contribution in [3.05, 3.63) is 12.2 Å². The van der Waals surface area contributed by atoms with Crippen molar-refractivity contribution in [3.63, 3.8) is 0 Å². The van der Waals surface area contributed by atoms with Crippen LogP contribution in [0, 0.1) is 5.92 Å². The van der Waals surface area contributed by atoms with Gasteiger partial charge in [0.05, 0.1) is 12.5 Å². The predicted octanol–water partition coefficient (Wildman–Crippen LogP) is -0.189. The van der Waals surface area contributed by atoms with Crippen molar-refractivity contribution in [1.82, 2.24) is 25.4 Å². The lowest BCUT2D eigenvalue weighted by molar-refractivity contribution is -0.143. The first-order valence-corrected chi connectivity index (χ1v) is 5.76. The number of hydrogen-bond donors (Lipinski definition) is 3. The maximum absolute atomic E-state index is 11.8. The summed E-state index contributed by atoms with van der Waals surface area (Å²) in [4.78, 5) is 28.1. The van der Waals surface area contributed by atoms with Gasteiger partial charge in [-0.05, 0) is 12.8 Å². The zero-order chi connectivity index (χ0) is 13.0. The molecule has 1 unspecified atom stereocenters. The number of aliphatic carboxylic acids is 1. The first-order valence-electron chi connectivity index (χ1n) is 5.76. The van der Waals surface area contributed by atoms with Gasteiger partial charge in [0, 0.05) is 13.1 Å². The van der Waals surface area contributed by atoms with Crippen LogP contribution >= 0.6 is 0 Å². The Labute approximate surface area is 103 Å². The molecule has 0 spiro atoms. The molecule has 2 amide bonds. The zero-order valence-electron chi connectivity index (χ0n) is 9.80. The molecule has 1 aromatic heterocycles. The summed E-state index contributed by atoms with van der Waals surface area (Å²) in [7, 11) is 0. The number of aromatic nitrogens is 3. The lowest BCUT2D eigenvalue weighted by Gasteiger charge is -2.30. The zero-order valence-corrected chi connectivity index (χ0v) is 9.80. The Morgan fingerprint density at radius 2 is 2.44 bits per heavy atom. The highest BCUT2D eigenvalue weighted by Crippen LogP contribution is 2.16. The first kappa shape index (κ1) is 12.3. The number of rotatable bonds is 3. The highest BCUT2D eigenvalue weighted by molar-refractivity contribution is 5.76. The van der Waals surface area contributed by atoms with Crippen LogP contribution in [0.25, 0.3) is 0 Å². The number of aromatic amines is 1. The predicted molar refractivity (Wildman–Crippen MR) is 60.6 cm³/mol. The Balaban J connectivity index is 1.83. The normalized spacial score (nSPS) is 19.6. The number of hydrogen-bond acceptors (Lipinski definition) is 4. The molecule has 8 nitrogen and oxygen atoms in total. The van der Waals surface area contributed by atoms with E-state index >= 15 is 0 Å².